The van der Waals surface area contributed by atoms with Gasteiger partial charge in [-0.15, -0.1) is 0 Å². The molecule has 0 saturated heterocycles. The molecule has 1 heterocycles. The van der Waals surface area contributed by atoms with Crippen LogP contribution >= 0.6 is 0 Å². The molecule has 2 aliphatic rings. The molecule has 4 heteroatoms. The van der Waals surface area contributed by atoms with Crippen molar-refractivity contribution in [3.63, 3.8) is 0 Å². The van der Waals surface area contributed by atoms with E-state index in [4.69, 9.17) is 4.74 Å². The number of hydrogen-bond acceptors (Lipinski definition) is 3. The van der Waals surface area contributed by atoms with E-state index >= 15 is 0 Å². The van der Waals surface area contributed by atoms with E-state index in [0.29, 0.717) is 23.6 Å². The molecule has 2 unspecified atom stereocenters. The maximum atomic E-state index is 6.02. The number of ether oxygens (including phenoxy) is 1. The Bertz CT molecular complexity index is 462. The van der Waals surface area contributed by atoms with Crippen LogP contribution in [-0.2, 0) is 4.74 Å². The number of nitrogens with one attached hydrogen (secondary N) is 1. The number of anilines is 1. The predicted octanol–water partition coefficient (Wildman–Crippen LogP) is 4.00. The molecule has 1 aromatic rings. The Morgan fingerprint density at radius 2 is 2.14 bits per heavy atom. The van der Waals surface area contributed by atoms with Crippen molar-refractivity contribution in [3.8, 4) is 0 Å². The van der Waals surface area contributed by atoms with Gasteiger partial charge in [-0.05, 0) is 40.0 Å². The van der Waals surface area contributed by atoms with Crippen LogP contribution in [0.2, 0.25) is 0 Å². The van der Waals surface area contributed by atoms with Gasteiger partial charge in [0.25, 0.3) is 0 Å². The Hall–Kier alpha value is -1.03. The van der Waals surface area contributed by atoms with E-state index in [1.165, 1.54) is 32.1 Å². The highest BCUT2D eigenvalue weighted by Crippen LogP contribution is 2.54. The molecule has 2 aliphatic carbocycles. The van der Waals surface area contributed by atoms with Gasteiger partial charge in [0.1, 0.15) is 0 Å². The van der Waals surface area contributed by atoms with Crippen molar-refractivity contribution in [2.75, 3.05) is 11.9 Å². The fourth-order valence-electron chi connectivity index (χ4n) is 4.16. The van der Waals surface area contributed by atoms with Gasteiger partial charge in [0.15, 0.2) is 0 Å². The third kappa shape index (κ3) is 2.70. The molecule has 0 bridgehead atoms. The summed E-state index contributed by atoms with van der Waals surface area (Å²) >= 11 is 0. The lowest BCUT2D eigenvalue weighted by molar-refractivity contribution is -0.134. The Balaban J connectivity index is 1.69. The lowest BCUT2D eigenvalue weighted by Crippen LogP contribution is -2.62. The normalized spacial score (nSPS) is 27.8. The molecule has 118 valence electrons. The van der Waals surface area contributed by atoms with Crippen molar-refractivity contribution in [2.24, 2.45) is 5.41 Å². The van der Waals surface area contributed by atoms with Crippen LogP contribution in [0, 0.1) is 5.41 Å². The summed E-state index contributed by atoms with van der Waals surface area (Å²) in [4.78, 5) is 0. The SMILES string of the molecule is CCOC1CC(Nc2cnn(C(C)C)c2)C12CCCCC2. The summed E-state index contributed by atoms with van der Waals surface area (Å²) in [6.07, 6.45) is 12.4. The minimum absolute atomic E-state index is 0.369. The number of hydrogen-bond donors (Lipinski definition) is 1. The second-order valence-corrected chi connectivity index (χ2v) is 6.97. The van der Waals surface area contributed by atoms with Crippen LogP contribution in [0.4, 0.5) is 5.69 Å². The molecule has 0 radical (unpaired) electrons. The topological polar surface area (TPSA) is 39.1 Å². The first kappa shape index (κ1) is 14.9. The fraction of sp³-hybridized carbons (Fsp3) is 0.824. The van der Waals surface area contributed by atoms with Gasteiger partial charge >= 0.3 is 0 Å². The molecule has 0 amide bonds. The molecule has 1 N–H and O–H groups in total. The fourth-order valence-corrected chi connectivity index (χ4v) is 4.16. The first-order valence-corrected chi connectivity index (χ1v) is 8.58. The second kappa shape index (κ2) is 5.99. The van der Waals surface area contributed by atoms with Crippen molar-refractivity contribution in [1.82, 2.24) is 9.78 Å². The van der Waals surface area contributed by atoms with Crippen LogP contribution in [0.15, 0.2) is 12.4 Å². The summed E-state index contributed by atoms with van der Waals surface area (Å²) in [5, 5.41) is 8.18. The van der Waals surface area contributed by atoms with E-state index in [2.05, 4.69) is 37.4 Å². The zero-order valence-corrected chi connectivity index (χ0v) is 13.6. The van der Waals surface area contributed by atoms with Gasteiger partial charge in [0.2, 0.25) is 0 Å². The summed E-state index contributed by atoms with van der Waals surface area (Å²) in [7, 11) is 0. The van der Waals surface area contributed by atoms with E-state index in [-0.39, 0.29) is 0 Å². The Kier molecular flexibility index (Phi) is 4.25. The van der Waals surface area contributed by atoms with Gasteiger partial charge in [0, 0.05) is 30.3 Å². The van der Waals surface area contributed by atoms with Gasteiger partial charge in [-0.1, -0.05) is 19.3 Å². The van der Waals surface area contributed by atoms with Gasteiger partial charge in [0.05, 0.1) is 18.0 Å². The largest absolute Gasteiger partial charge is 0.379 e. The van der Waals surface area contributed by atoms with Crippen LogP contribution in [0.3, 0.4) is 0 Å². The van der Waals surface area contributed by atoms with Crippen LogP contribution in [-0.4, -0.2) is 28.5 Å². The molecular weight excluding hydrogens is 262 g/mol. The van der Waals surface area contributed by atoms with Crippen molar-refractivity contribution >= 4 is 5.69 Å². The molecule has 3 rings (SSSR count). The highest BCUT2D eigenvalue weighted by atomic mass is 16.5. The molecule has 1 spiro atoms. The molecule has 2 fully saturated rings. The van der Waals surface area contributed by atoms with Crippen LogP contribution < -0.4 is 5.32 Å². The first-order valence-electron chi connectivity index (χ1n) is 8.58. The Labute approximate surface area is 128 Å². The molecule has 2 saturated carbocycles. The second-order valence-electron chi connectivity index (χ2n) is 6.97. The Morgan fingerprint density at radius 1 is 1.38 bits per heavy atom. The number of nitrogens with zero attached hydrogens (tertiary/aromatic N) is 2. The molecule has 0 aromatic carbocycles. The standard InChI is InChI=1S/C17H29N3O/c1-4-21-16-10-15(17(16)8-6-5-7-9-17)19-14-11-18-20(12-14)13(2)3/h11-13,15-16,19H,4-10H2,1-3H3. The zero-order chi connectivity index (χ0) is 14.9. The first-order chi connectivity index (χ1) is 10.2. The van der Waals surface area contributed by atoms with E-state index in [1.807, 2.05) is 10.9 Å². The average molecular weight is 291 g/mol. The van der Waals surface area contributed by atoms with Crippen LogP contribution in [0.25, 0.3) is 0 Å². The third-order valence-electron chi connectivity index (χ3n) is 5.41. The van der Waals surface area contributed by atoms with Gasteiger partial charge in [-0.2, -0.15) is 5.10 Å². The van der Waals surface area contributed by atoms with E-state index in [0.717, 1.165) is 18.7 Å². The summed E-state index contributed by atoms with van der Waals surface area (Å²) in [5.41, 5.74) is 1.53. The van der Waals surface area contributed by atoms with E-state index in [1.54, 1.807) is 0 Å². The Morgan fingerprint density at radius 3 is 2.76 bits per heavy atom. The minimum atomic E-state index is 0.369. The van der Waals surface area contributed by atoms with Crippen molar-refractivity contribution in [2.45, 2.75) is 77.5 Å². The third-order valence-corrected chi connectivity index (χ3v) is 5.41. The summed E-state index contributed by atoms with van der Waals surface area (Å²) < 4.78 is 8.04. The summed E-state index contributed by atoms with van der Waals surface area (Å²) in [6.45, 7) is 7.27. The molecule has 0 aliphatic heterocycles. The monoisotopic (exact) mass is 291 g/mol. The lowest BCUT2D eigenvalue weighted by Gasteiger charge is -2.57. The number of rotatable bonds is 5. The highest BCUT2D eigenvalue weighted by molar-refractivity contribution is 5.42. The van der Waals surface area contributed by atoms with Crippen molar-refractivity contribution in [1.29, 1.82) is 0 Å². The molecule has 2 atom stereocenters. The maximum absolute atomic E-state index is 6.02. The van der Waals surface area contributed by atoms with Crippen LogP contribution in [0.5, 0.6) is 0 Å². The minimum Gasteiger partial charge on any atom is -0.379 e. The smallest absolute Gasteiger partial charge is 0.0728 e. The molecule has 1 aromatic heterocycles. The quantitative estimate of drug-likeness (QED) is 0.891. The summed E-state index contributed by atoms with van der Waals surface area (Å²) in [6, 6.07) is 0.973. The summed E-state index contributed by atoms with van der Waals surface area (Å²) in [5.74, 6) is 0. The van der Waals surface area contributed by atoms with Crippen LogP contribution in [0.1, 0.15) is 65.3 Å². The van der Waals surface area contributed by atoms with E-state index < -0.39 is 0 Å². The van der Waals surface area contributed by atoms with E-state index in [9.17, 15) is 0 Å². The predicted molar refractivity (Wildman–Crippen MR) is 85.6 cm³/mol. The van der Waals surface area contributed by atoms with Crippen molar-refractivity contribution < 1.29 is 4.74 Å². The van der Waals surface area contributed by atoms with Crippen molar-refractivity contribution in [3.05, 3.63) is 12.4 Å². The van der Waals surface area contributed by atoms with Gasteiger partial charge in [-0.3, -0.25) is 4.68 Å². The number of aromatic nitrogens is 2. The maximum Gasteiger partial charge on any atom is 0.0728 e. The molecule has 21 heavy (non-hydrogen) atoms. The molecular formula is C17H29N3O. The van der Waals surface area contributed by atoms with Gasteiger partial charge in [-0.25, -0.2) is 0 Å². The zero-order valence-electron chi connectivity index (χ0n) is 13.6. The highest BCUT2D eigenvalue weighted by Gasteiger charge is 2.55. The average Bonchev–Trinajstić information content (AvgIpc) is 2.96. The van der Waals surface area contributed by atoms with Gasteiger partial charge < -0.3 is 10.1 Å². The molecule has 4 nitrogen and oxygen atoms in total. The lowest BCUT2D eigenvalue weighted by atomic mass is 9.55.